The first-order chi connectivity index (χ1) is 9.06. The van der Waals surface area contributed by atoms with Crippen LogP contribution in [0.2, 0.25) is 0 Å². The summed E-state index contributed by atoms with van der Waals surface area (Å²) < 4.78 is 4.80. The maximum atomic E-state index is 11.7. The first-order valence-corrected chi connectivity index (χ1v) is 6.01. The molecule has 1 amide bonds. The Kier molecular flexibility index (Phi) is 5.55. The Morgan fingerprint density at radius 2 is 2.00 bits per heavy atom. The number of benzene rings is 1. The number of ether oxygens (including phenoxy) is 1. The predicted octanol–water partition coefficient (Wildman–Crippen LogP) is 1.17. The highest BCUT2D eigenvalue weighted by molar-refractivity contribution is 5.85. The first-order valence-electron chi connectivity index (χ1n) is 6.01. The van der Waals surface area contributed by atoms with E-state index in [-0.39, 0.29) is 18.9 Å². The third kappa shape index (κ3) is 4.80. The zero-order chi connectivity index (χ0) is 14.3. The molecule has 1 unspecified atom stereocenters. The van der Waals surface area contributed by atoms with Crippen molar-refractivity contribution in [1.29, 1.82) is 5.26 Å². The summed E-state index contributed by atoms with van der Waals surface area (Å²) in [6.45, 7) is 3.58. The zero-order valence-electron chi connectivity index (χ0n) is 11.0. The molecule has 5 nitrogen and oxygen atoms in total. The molecule has 0 aromatic heterocycles. The second kappa shape index (κ2) is 7.17. The number of nitrogens with zero attached hydrogens (tertiary/aromatic N) is 1. The molecule has 0 aliphatic heterocycles. The van der Waals surface area contributed by atoms with Gasteiger partial charge in [0.1, 0.15) is 6.04 Å². The van der Waals surface area contributed by atoms with Gasteiger partial charge in [-0.15, -0.1) is 0 Å². The molecule has 100 valence electrons. The fourth-order valence-electron chi connectivity index (χ4n) is 1.50. The highest BCUT2D eigenvalue weighted by atomic mass is 16.5. The number of carbonyl (C=O) groups is 2. The number of amides is 1. The highest BCUT2D eigenvalue weighted by Crippen LogP contribution is 2.04. The summed E-state index contributed by atoms with van der Waals surface area (Å²) in [5.74, 6) is -0.707. The van der Waals surface area contributed by atoms with Crippen LogP contribution in [0.4, 0.5) is 0 Å². The van der Waals surface area contributed by atoms with E-state index in [1.54, 1.807) is 38.1 Å². The standard InChI is InChI=1S/C14H16N2O3/c1-3-19-14(18)10(2)16-13(17)8-11-4-6-12(9-15)7-5-11/h4-7,10H,3,8H2,1-2H3,(H,16,17). The van der Waals surface area contributed by atoms with Gasteiger partial charge in [0.05, 0.1) is 24.7 Å². The van der Waals surface area contributed by atoms with Crippen molar-refractivity contribution < 1.29 is 14.3 Å². The Morgan fingerprint density at radius 3 is 2.53 bits per heavy atom. The van der Waals surface area contributed by atoms with Crippen molar-refractivity contribution in [3.05, 3.63) is 35.4 Å². The van der Waals surface area contributed by atoms with E-state index < -0.39 is 12.0 Å². The van der Waals surface area contributed by atoms with Gasteiger partial charge in [-0.25, -0.2) is 4.79 Å². The summed E-state index contributed by atoms with van der Waals surface area (Å²) in [6.07, 6.45) is 0.162. The monoisotopic (exact) mass is 260 g/mol. The summed E-state index contributed by atoms with van der Waals surface area (Å²) >= 11 is 0. The lowest BCUT2D eigenvalue weighted by atomic mass is 10.1. The quantitative estimate of drug-likeness (QED) is 0.806. The molecule has 0 heterocycles. The van der Waals surface area contributed by atoms with E-state index in [9.17, 15) is 9.59 Å². The van der Waals surface area contributed by atoms with Crippen molar-refractivity contribution in [1.82, 2.24) is 5.32 Å². The van der Waals surface area contributed by atoms with Crippen LogP contribution >= 0.6 is 0 Å². The maximum absolute atomic E-state index is 11.7. The Hall–Kier alpha value is -2.35. The molecule has 1 aromatic carbocycles. The molecular weight excluding hydrogens is 244 g/mol. The molecule has 19 heavy (non-hydrogen) atoms. The minimum Gasteiger partial charge on any atom is -0.464 e. The van der Waals surface area contributed by atoms with Crippen LogP contribution in [-0.2, 0) is 20.7 Å². The number of esters is 1. The molecule has 5 heteroatoms. The van der Waals surface area contributed by atoms with Crippen molar-refractivity contribution in [3.63, 3.8) is 0 Å². The third-order valence-electron chi connectivity index (χ3n) is 2.47. The lowest BCUT2D eigenvalue weighted by Gasteiger charge is -2.12. The smallest absolute Gasteiger partial charge is 0.328 e. The average Bonchev–Trinajstić information content (AvgIpc) is 2.39. The molecule has 1 N–H and O–H groups in total. The molecule has 1 rings (SSSR count). The summed E-state index contributed by atoms with van der Waals surface area (Å²) in [7, 11) is 0. The molecule has 0 spiro atoms. The molecule has 1 aromatic rings. The Morgan fingerprint density at radius 1 is 1.37 bits per heavy atom. The van der Waals surface area contributed by atoms with E-state index in [0.29, 0.717) is 5.56 Å². The fraction of sp³-hybridized carbons (Fsp3) is 0.357. The number of nitrogens with one attached hydrogen (secondary N) is 1. The topological polar surface area (TPSA) is 79.2 Å². The normalized spacial score (nSPS) is 11.2. The van der Waals surface area contributed by atoms with Gasteiger partial charge in [-0.1, -0.05) is 12.1 Å². The molecule has 0 saturated carbocycles. The first kappa shape index (κ1) is 14.7. The van der Waals surface area contributed by atoms with Gasteiger partial charge in [0, 0.05) is 0 Å². The van der Waals surface area contributed by atoms with Gasteiger partial charge in [-0.05, 0) is 31.5 Å². The van der Waals surface area contributed by atoms with E-state index in [0.717, 1.165) is 5.56 Å². The molecule has 0 radical (unpaired) electrons. The van der Waals surface area contributed by atoms with Crippen LogP contribution in [0.1, 0.15) is 25.0 Å². The second-order valence-corrected chi connectivity index (χ2v) is 4.03. The van der Waals surface area contributed by atoms with Crippen LogP contribution in [0.5, 0.6) is 0 Å². The molecule has 1 atom stereocenters. The van der Waals surface area contributed by atoms with Crippen molar-refractivity contribution in [2.75, 3.05) is 6.61 Å². The van der Waals surface area contributed by atoms with Crippen LogP contribution < -0.4 is 5.32 Å². The lowest BCUT2D eigenvalue weighted by Crippen LogP contribution is -2.40. The minimum atomic E-state index is -0.661. The van der Waals surface area contributed by atoms with Crippen LogP contribution in [-0.4, -0.2) is 24.5 Å². The minimum absolute atomic E-state index is 0.162. The predicted molar refractivity (Wildman–Crippen MR) is 69.1 cm³/mol. The summed E-state index contributed by atoms with van der Waals surface area (Å²) in [5, 5.41) is 11.2. The second-order valence-electron chi connectivity index (χ2n) is 4.03. The highest BCUT2D eigenvalue weighted by Gasteiger charge is 2.16. The Balaban J connectivity index is 2.50. The van der Waals surface area contributed by atoms with Crippen molar-refractivity contribution in [2.45, 2.75) is 26.3 Å². The third-order valence-corrected chi connectivity index (χ3v) is 2.47. The van der Waals surface area contributed by atoms with E-state index in [2.05, 4.69) is 5.32 Å². The van der Waals surface area contributed by atoms with E-state index in [1.165, 1.54) is 0 Å². The van der Waals surface area contributed by atoms with Crippen molar-refractivity contribution >= 4 is 11.9 Å². The number of hydrogen-bond donors (Lipinski definition) is 1. The van der Waals surface area contributed by atoms with Gasteiger partial charge in [0.2, 0.25) is 5.91 Å². The fourth-order valence-corrected chi connectivity index (χ4v) is 1.50. The number of hydrogen-bond acceptors (Lipinski definition) is 4. The van der Waals surface area contributed by atoms with Gasteiger partial charge in [0.15, 0.2) is 0 Å². The van der Waals surface area contributed by atoms with E-state index in [4.69, 9.17) is 10.00 Å². The van der Waals surface area contributed by atoms with Gasteiger partial charge >= 0.3 is 5.97 Å². The van der Waals surface area contributed by atoms with Crippen LogP contribution in [0.3, 0.4) is 0 Å². The zero-order valence-corrected chi connectivity index (χ0v) is 11.0. The number of rotatable bonds is 5. The number of carbonyl (C=O) groups excluding carboxylic acids is 2. The SMILES string of the molecule is CCOC(=O)C(C)NC(=O)Cc1ccc(C#N)cc1. The summed E-state index contributed by atoms with van der Waals surface area (Å²) in [4.78, 5) is 23.0. The van der Waals surface area contributed by atoms with Crippen LogP contribution in [0, 0.1) is 11.3 Å². The molecule has 0 bridgehead atoms. The Bertz CT molecular complexity index is 488. The van der Waals surface area contributed by atoms with Crippen LogP contribution in [0.25, 0.3) is 0 Å². The lowest BCUT2D eigenvalue weighted by molar-refractivity contribution is -0.146. The van der Waals surface area contributed by atoms with Crippen molar-refractivity contribution in [3.8, 4) is 6.07 Å². The molecule has 0 saturated heterocycles. The molecule has 0 fully saturated rings. The summed E-state index contributed by atoms with van der Waals surface area (Å²) in [5.41, 5.74) is 1.33. The average molecular weight is 260 g/mol. The van der Waals surface area contributed by atoms with E-state index >= 15 is 0 Å². The van der Waals surface area contributed by atoms with Crippen molar-refractivity contribution in [2.24, 2.45) is 0 Å². The van der Waals surface area contributed by atoms with Crippen LogP contribution in [0.15, 0.2) is 24.3 Å². The largest absolute Gasteiger partial charge is 0.464 e. The van der Waals surface area contributed by atoms with Gasteiger partial charge in [-0.2, -0.15) is 5.26 Å². The maximum Gasteiger partial charge on any atom is 0.328 e. The van der Waals surface area contributed by atoms with Gasteiger partial charge < -0.3 is 10.1 Å². The molecule has 0 aliphatic rings. The van der Waals surface area contributed by atoms with Gasteiger partial charge in [0.25, 0.3) is 0 Å². The number of nitriles is 1. The van der Waals surface area contributed by atoms with Gasteiger partial charge in [-0.3, -0.25) is 4.79 Å². The summed E-state index contributed by atoms with van der Waals surface area (Å²) in [6, 6.07) is 8.08. The molecular formula is C14H16N2O3. The van der Waals surface area contributed by atoms with E-state index in [1.807, 2.05) is 6.07 Å². The Labute approximate surface area is 112 Å². The molecule has 0 aliphatic carbocycles.